The van der Waals surface area contributed by atoms with Crippen molar-refractivity contribution >= 4 is 0 Å². The first kappa shape index (κ1) is 11.5. The summed E-state index contributed by atoms with van der Waals surface area (Å²) in [6.45, 7) is 0.104. The summed E-state index contributed by atoms with van der Waals surface area (Å²) >= 11 is 0. The van der Waals surface area contributed by atoms with Crippen molar-refractivity contribution in [3.63, 3.8) is 0 Å². The topological polar surface area (TPSA) is 40.5 Å². The Labute approximate surface area is 107 Å². The van der Waals surface area contributed by atoms with Crippen molar-refractivity contribution in [2.45, 2.75) is 18.4 Å². The van der Waals surface area contributed by atoms with Crippen LogP contribution in [0.1, 0.15) is 24.0 Å². The van der Waals surface area contributed by atoms with Gasteiger partial charge >= 0.3 is 0 Å². The van der Waals surface area contributed by atoms with Crippen LogP contribution < -0.4 is 0 Å². The van der Waals surface area contributed by atoms with E-state index >= 15 is 0 Å². The van der Waals surface area contributed by atoms with Gasteiger partial charge in [0.15, 0.2) is 0 Å². The molecule has 0 saturated carbocycles. The Morgan fingerprint density at radius 3 is 1.83 bits per heavy atom. The monoisotopic (exact) mass is 240 g/mol. The predicted octanol–water partition coefficient (Wildman–Crippen LogP) is 2.68. The van der Waals surface area contributed by atoms with Crippen molar-refractivity contribution in [1.82, 2.24) is 0 Å². The van der Waals surface area contributed by atoms with Gasteiger partial charge in [0.1, 0.15) is 5.60 Å². The highest BCUT2D eigenvalue weighted by Crippen LogP contribution is 2.49. The number of benzene rings is 2. The number of rotatable bonds is 3. The molecule has 0 bridgehead atoms. The van der Waals surface area contributed by atoms with Crippen LogP contribution in [0.2, 0.25) is 0 Å². The summed E-state index contributed by atoms with van der Waals surface area (Å²) in [5.74, 6) is 0. The van der Waals surface area contributed by atoms with E-state index in [9.17, 15) is 5.11 Å². The maximum absolute atomic E-state index is 11.0. The molecule has 0 aromatic heterocycles. The number of aliphatic hydroxyl groups excluding tert-OH is 1. The van der Waals surface area contributed by atoms with Gasteiger partial charge in [0.2, 0.25) is 0 Å². The van der Waals surface area contributed by atoms with E-state index in [1.807, 2.05) is 48.5 Å². The molecule has 2 nitrogen and oxygen atoms in total. The van der Waals surface area contributed by atoms with Crippen molar-refractivity contribution in [3.05, 3.63) is 59.7 Å². The van der Waals surface area contributed by atoms with Gasteiger partial charge in [-0.15, -0.1) is 0 Å². The second kappa shape index (κ2) is 4.23. The van der Waals surface area contributed by atoms with E-state index in [4.69, 9.17) is 5.11 Å². The average Bonchev–Trinajstić information content (AvgIpc) is 2.69. The molecule has 0 aliphatic heterocycles. The Morgan fingerprint density at radius 2 is 1.33 bits per heavy atom. The smallest absolute Gasteiger partial charge is 0.116 e. The summed E-state index contributed by atoms with van der Waals surface area (Å²) in [4.78, 5) is 0. The molecule has 1 aliphatic rings. The van der Waals surface area contributed by atoms with Crippen molar-refractivity contribution < 1.29 is 10.2 Å². The van der Waals surface area contributed by atoms with Gasteiger partial charge in [-0.2, -0.15) is 0 Å². The minimum absolute atomic E-state index is 0.104. The van der Waals surface area contributed by atoms with Crippen LogP contribution in [0.15, 0.2) is 48.5 Å². The third kappa shape index (κ3) is 1.50. The second-order valence-corrected chi connectivity index (χ2v) is 4.78. The third-order valence-electron chi connectivity index (χ3n) is 3.73. The quantitative estimate of drug-likeness (QED) is 0.866. The van der Waals surface area contributed by atoms with Gasteiger partial charge in [-0.1, -0.05) is 48.5 Å². The van der Waals surface area contributed by atoms with E-state index in [1.165, 1.54) is 0 Å². The van der Waals surface area contributed by atoms with E-state index < -0.39 is 5.60 Å². The maximum atomic E-state index is 11.0. The second-order valence-electron chi connectivity index (χ2n) is 4.78. The lowest BCUT2D eigenvalue weighted by molar-refractivity contribution is 0.0671. The van der Waals surface area contributed by atoms with Gasteiger partial charge in [-0.25, -0.2) is 0 Å². The average molecular weight is 240 g/mol. The fourth-order valence-electron chi connectivity index (χ4n) is 2.91. The highest BCUT2D eigenvalue weighted by Gasteiger charge is 2.40. The summed E-state index contributed by atoms with van der Waals surface area (Å²) in [7, 11) is 0. The minimum atomic E-state index is -0.948. The lowest BCUT2D eigenvalue weighted by atomic mass is 9.87. The van der Waals surface area contributed by atoms with Crippen LogP contribution in [-0.4, -0.2) is 16.8 Å². The van der Waals surface area contributed by atoms with Gasteiger partial charge in [0, 0.05) is 6.61 Å². The van der Waals surface area contributed by atoms with Gasteiger partial charge in [-0.05, 0) is 35.1 Å². The zero-order valence-corrected chi connectivity index (χ0v) is 10.1. The molecule has 0 spiro atoms. The Hall–Kier alpha value is -1.64. The Kier molecular flexibility index (Phi) is 2.69. The van der Waals surface area contributed by atoms with Crippen LogP contribution in [0.3, 0.4) is 0 Å². The molecule has 0 amide bonds. The molecule has 2 aromatic rings. The first-order valence-corrected chi connectivity index (χ1v) is 6.30. The lowest BCUT2D eigenvalue weighted by Gasteiger charge is -2.25. The summed E-state index contributed by atoms with van der Waals surface area (Å²) in [6, 6.07) is 15.9. The lowest BCUT2D eigenvalue weighted by Crippen LogP contribution is -2.24. The van der Waals surface area contributed by atoms with Crippen molar-refractivity contribution in [3.8, 4) is 11.1 Å². The van der Waals surface area contributed by atoms with Crippen molar-refractivity contribution in [2.24, 2.45) is 0 Å². The van der Waals surface area contributed by atoms with Gasteiger partial charge in [-0.3, -0.25) is 0 Å². The molecule has 0 fully saturated rings. The fraction of sp³-hybridized carbons (Fsp3) is 0.250. The molecule has 92 valence electrons. The summed E-state index contributed by atoms with van der Waals surface area (Å²) in [6.07, 6.45) is 1.15. The first-order valence-electron chi connectivity index (χ1n) is 6.30. The highest BCUT2D eigenvalue weighted by molar-refractivity contribution is 5.79. The Balaban J connectivity index is 2.20. The van der Waals surface area contributed by atoms with Crippen LogP contribution in [0, 0.1) is 0 Å². The van der Waals surface area contributed by atoms with E-state index in [-0.39, 0.29) is 6.61 Å². The molecular weight excluding hydrogens is 224 g/mol. The molecule has 2 N–H and O–H groups in total. The zero-order chi connectivity index (χ0) is 12.6. The maximum Gasteiger partial charge on any atom is 0.116 e. The molecular formula is C16H16O2. The first-order chi connectivity index (χ1) is 8.77. The van der Waals surface area contributed by atoms with Gasteiger partial charge < -0.3 is 10.2 Å². The van der Waals surface area contributed by atoms with E-state index in [0.717, 1.165) is 22.3 Å². The standard InChI is InChI=1S/C16H16O2/c17-11-5-10-16(18)14-8-3-1-6-12(14)13-7-2-4-9-15(13)16/h1-4,6-9,17-18H,5,10-11H2. The van der Waals surface area contributed by atoms with E-state index in [0.29, 0.717) is 12.8 Å². The minimum Gasteiger partial charge on any atom is -0.396 e. The van der Waals surface area contributed by atoms with Crippen LogP contribution in [0.5, 0.6) is 0 Å². The molecule has 0 radical (unpaired) electrons. The Bertz CT molecular complexity index is 529. The summed E-state index contributed by atoms with van der Waals surface area (Å²) in [5, 5.41) is 20.0. The molecule has 0 unspecified atom stereocenters. The predicted molar refractivity (Wildman–Crippen MR) is 71.2 cm³/mol. The van der Waals surface area contributed by atoms with Gasteiger partial charge in [0.05, 0.1) is 0 Å². The largest absolute Gasteiger partial charge is 0.396 e. The van der Waals surface area contributed by atoms with Crippen LogP contribution in [0.4, 0.5) is 0 Å². The van der Waals surface area contributed by atoms with Crippen LogP contribution in [0.25, 0.3) is 11.1 Å². The summed E-state index contributed by atoms with van der Waals surface area (Å²) < 4.78 is 0. The molecule has 2 heteroatoms. The molecule has 0 saturated heterocycles. The third-order valence-corrected chi connectivity index (χ3v) is 3.73. The van der Waals surface area contributed by atoms with Crippen LogP contribution in [-0.2, 0) is 5.60 Å². The number of hydrogen-bond donors (Lipinski definition) is 2. The van der Waals surface area contributed by atoms with E-state index in [1.54, 1.807) is 0 Å². The number of hydrogen-bond acceptors (Lipinski definition) is 2. The molecule has 1 aliphatic carbocycles. The van der Waals surface area contributed by atoms with Gasteiger partial charge in [0.25, 0.3) is 0 Å². The van der Waals surface area contributed by atoms with Crippen molar-refractivity contribution in [2.75, 3.05) is 6.61 Å². The highest BCUT2D eigenvalue weighted by atomic mass is 16.3. The molecule has 2 aromatic carbocycles. The number of aliphatic hydroxyl groups is 2. The van der Waals surface area contributed by atoms with E-state index in [2.05, 4.69) is 0 Å². The summed E-state index contributed by atoms with van der Waals surface area (Å²) in [5.41, 5.74) is 3.18. The SMILES string of the molecule is OCCCC1(O)c2ccccc2-c2ccccc21. The molecule has 3 rings (SSSR count). The normalized spacial score (nSPS) is 15.2. The molecule has 18 heavy (non-hydrogen) atoms. The van der Waals surface area contributed by atoms with Crippen LogP contribution >= 0.6 is 0 Å². The fourth-order valence-corrected chi connectivity index (χ4v) is 2.91. The molecule has 0 atom stereocenters. The molecule has 0 heterocycles. The Morgan fingerprint density at radius 1 is 0.833 bits per heavy atom. The van der Waals surface area contributed by atoms with Crippen molar-refractivity contribution in [1.29, 1.82) is 0 Å². The number of fused-ring (bicyclic) bond motifs is 3. The zero-order valence-electron chi connectivity index (χ0n) is 10.1.